The molecule has 0 aliphatic carbocycles. The number of benzene rings is 1. The van der Waals surface area contributed by atoms with Crippen molar-refractivity contribution in [1.29, 1.82) is 0 Å². The van der Waals surface area contributed by atoms with Crippen molar-refractivity contribution >= 4 is 68.4 Å². The van der Waals surface area contributed by atoms with Gasteiger partial charge in [0, 0.05) is 114 Å². The lowest BCUT2D eigenvalue weighted by Gasteiger charge is -2.28. The molecule has 94 heavy (non-hydrogen) atoms. The second-order valence-corrected chi connectivity index (χ2v) is 35.3. The molecule has 2 rings (SSSR count). The van der Waals surface area contributed by atoms with Crippen molar-refractivity contribution in [2.24, 2.45) is 24.8 Å². The molecule has 0 saturated heterocycles. The highest BCUT2D eigenvalue weighted by Gasteiger charge is 2.36. The lowest BCUT2D eigenvalue weighted by Crippen LogP contribution is -3.00. The number of imidazole rings is 1. The quantitative estimate of drug-likeness (QED) is 0.00712. The maximum Gasteiger partial charge on any atom is 0.762 e. The molecule has 1 heterocycles. The van der Waals surface area contributed by atoms with Crippen molar-refractivity contribution in [2.75, 3.05) is 55.9 Å². The molecule has 546 valence electrons. The molecule has 0 spiro atoms. The molecule has 1 aromatic carbocycles. The van der Waals surface area contributed by atoms with Gasteiger partial charge in [-0.25, -0.2) is 9.13 Å². The average Bonchev–Trinajstić information content (AvgIpc) is 1.07. The number of hydrogen-bond donors (Lipinski definition) is 0. The second kappa shape index (κ2) is 59.9. The number of nitro groups is 1. The summed E-state index contributed by atoms with van der Waals surface area (Å²) in [4.78, 5) is 95.0. The van der Waals surface area contributed by atoms with E-state index in [9.17, 15) is 56.6 Å². The van der Waals surface area contributed by atoms with E-state index >= 15 is 0 Å². The van der Waals surface area contributed by atoms with Crippen LogP contribution in [0.2, 0.25) is 0 Å². The van der Waals surface area contributed by atoms with Gasteiger partial charge in [-0.15, -0.1) is 0 Å². The largest absolute Gasteiger partial charge is 1.00 e. The number of carbonyl (C=O) groups excluding carboxylic acids is 7. The third-order valence-corrected chi connectivity index (χ3v) is 27.5. The van der Waals surface area contributed by atoms with Crippen molar-refractivity contribution < 1.29 is 99.4 Å². The number of ketones is 6. The van der Waals surface area contributed by atoms with Crippen molar-refractivity contribution in [3.8, 4) is 0 Å². The number of halogens is 6. The van der Waals surface area contributed by atoms with Crippen molar-refractivity contribution in [3.05, 3.63) is 57.7 Å². The minimum Gasteiger partial charge on any atom is -1.00 e. The normalized spacial score (nSPS) is 11.3. The predicted molar refractivity (Wildman–Crippen MR) is 377 cm³/mol. The lowest BCUT2D eigenvalue weighted by molar-refractivity contribution is -0.677. The van der Waals surface area contributed by atoms with Crippen LogP contribution in [0.25, 0.3) is 0 Å². The number of aromatic nitrogens is 2. The summed E-state index contributed by atoms with van der Waals surface area (Å²) in [5.74, 6) is 1.12. The molecule has 0 radical (unpaired) electrons. The smallest absolute Gasteiger partial charge is 0.762 e. The van der Waals surface area contributed by atoms with Gasteiger partial charge in [0.25, 0.3) is 11.5 Å². The van der Waals surface area contributed by atoms with Crippen LogP contribution in [0, 0.1) is 34.8 Å². The summed E-state index contributed by atoms with van der Waals surface area (Å²) in [6.07, 6.45) is 40.5. The molecule has 1 aromatic heterocycles. The van der Waals surface area contributed by atoms with E-state index in [0.717, 1.165) is 38.6 Å². The highest BCUT2D eigenvalue weighted by molar-refractivity contribution is 7.76. The zero-order valence-corrected chi connectivity index (χ0v) is 66.0. The summed E-state index contributed by atoms with van der Waals surface area (Å²) in [7, 11) is -3.47. The number of unbranched alkanes of at least 4 members (excludes halogenated alkanes) is 9. The summed E-state index contributed by atoms with van der Waals surface area (Å²) in [5, 5.41) is 11.8. The third kappa shape index (κ3) is 47.8. The van der Waals surface area contributed by atoms with E-state index in [1.165, 1.54) is 145 Å². The Morgan fingerprint density at radius 1 is 0.543 bits per heavy atom. The summed E-state index contributed by atoms with van der Waals surface area (Å²) >= 11 is 0. The zero-order valence-electron chi connectivity index (χ0n) is 61.0. The number of aryl methyl sites for hydroxylation is 2. The molecule has 13 nitrogen and oxygen atoms in total. The minimum atomic E-state index is -3.67. The van der Waals surface area contributed by atoms with Gasteiger partial charge in [0.1, 0.15) is 41.3 Å². The molecular formula is C72H128BBr2F4N3O10P2. The molecule has 1 unspecified atom stereocenters. The van der Waals surface area contributed by atoms with Gasteiger partial charge in [0.05, 0.1) is 80.3 Å². The number of carbonyl (C=O) groups is 7. The third-order valence-electron chi connectivity index (χ3n) is 17.3. The van der Waals surface area contributed by atoms with Gasteiger partial charge in [-0.05, 0) is 77.0 Å². The molecule has 1 atom stereocenters. The van der Waals surface area contributed by atoms with Crippen molar-refractivity contribution in [1.82, 2.24) is 4.57 Å². The van der Waals surface area contributed by atoms with E-state index < -0.39 is 27.0 Å². The maximum atomic E-state index is 12.9. The Bertz CT molecular complexity index is 2340. The van der Waals surface area contributed by atoms with E-state index in [1.54, 1.807) is 32.9 Å². The van der Waals surface area contributed by atoms with Crippen LogP contribution in [0.3, 0.4) is 0 Å². The number of hydrogen-bond acceptors (Lipinski definition) is 10. The molecule has 0 bridgehead atoms. The van der Waals surface area contributed by atoms with Gasteiger partial charge in [0.15, 0.2) is 5.78 Å². The van der Waals surface area contributed by atoms with E-state index in [1.807, 2.05) is 40.9 Å². The molecule has 0 amide bonds. The summed E-state index contributed by atoms with van der Waals surface area (Å²) in [6, 6.07) is 4.74. The van der Waals surface area contributed by atoms with E-state index in [-0.39, 0.29) is 115 Å². The first-order chi connectivity index (χ1) is 43.0. The highest BCUT2D eigenvalue weighted by atomic mass is 79.9. The van der Waals surface area contributed by atoms with Crippen LogP contribution in [0.1, 0.15) is 291 Å². The van der Waals surface area contributed by atoms with Gasteiger partial charge in [0.2, 0.25) is 0 Å². The van der Waals surface area contributed by atoms with E-state index in [2.05, 4.69) is 63.8 Å². The Kier molecular flexibility index (Phi) is 63.5. The Morgan fingerprint density at radius 2 is 0.894 bits per heavy atom. The Labute approximate surface area is 590 Å². The lowest BCUT2D eigenvalue weighted by atomic mass is 9.96. The molecular weight excluding hydrogens is 1380 g/mol. The molecule has 0 fully saturated rings. The predicted octanol–water partition coefficient (Wildman–Crippen LogP) is 10.4. The first kappa shape index (κ1) is 99.6. The molecule has 0 N–H and O–H groups in total. The average molecular weight is 1500 g/mol. The van der Waals surface area contributed by atoms with Crippen LogP contribution in [0.15, 0.2) is 30.6 Å². The van der Waals surface area contributed by atoms with Gasteiger partial charge in [-0.2, -0.15) is 0 Å². The van der Waals surface area contributed by atoms with Crippen LogP contribution in [-0.4, -0.2) is 114 Å². The number of nitro benzene ring substituents is 1. The summed E-state index contributed by atoms with van der Waals surface area (Å²) < 4.78 is 38.6. The first-order valence-corrected chi connectivity index (χ1v) is 40.3. The fourth-order valence-corrected chi connectivity index (χ4v) is 21.3. The van der Waals surface area contributed by atoms with E-state index in [4.69, 9.17) is 4.74 Å². The van der Waals surface area contributed by atoms with E-state index in [0.29, 0.717) is 68.9 Å². The van der Waals surface area contributed by atoms with Gasteiger partial charge >= 0.3 is 13.5 Å². The van der Waals surface area contributed by atoms with Crippen LogP contribution >= 0.6 is 14.5 Å². The minimum absolute atomic E-state index is 0. The van der Waals surface area contributed by atoms with Crippen LogP contribution in [0.5, 0.6) is 0 Å². The molecule has 22 heteroatoms. The van der Waals surface area contributed by atoms with Crippen LogP contribution in [0.4, 0.5) is 18.6 Å². The monoisotopic (exact) mass is 1500 g/mol. The number of rotatable bonds is 50. The number of esters is 1. The fraction of sp³-hybridized carbons (Fsp3) is 0.778. The number of nitrogens with zero attached hydrogens (tertiary/aromatic N) is 3. The Morgan fingerprint density at radius 3 is 1.23 bits per heavy atom. The summed E-state index contributed by atoms with van der Waals surface area (Å²) in [6.45, 7) is 29.6. The Hall–Kier alpha value is -3.08. The Balaban J connectivity index is -0.000000417. The standard InChI is InChI=1S/C30H51NO5P.C26H50O3P.C16H27N2O2.BF3.2BrH.FH/c1-7-10-18-37(19-11-8-2,20-12-9-3)21-14-13-15-29(32)26-16-17-27(28(22-26)31(34)35)25(6)23-36-30(33)24(4)5;1-6-9-19-30(20-10-7-2,21-11-8-3)22-13-12-14-24(27)15-16-25(28)17-18-26(29)23(4)5;1-13(2)16(20)9-8-15(19)7-5-6-10-18-12-11-17(4)14(18)3;2-1(3)4;;;/h16-17,22,24-25H,7-15,18-21,23H2,1-6H3;23H,6-22H2,1-5H3;11-13H,5-10H2,1-4H3;;3*1H/q3*+1;;;;/p-3. The molecule has 0 saturated carbocycles. The topological polar surface area (TPSA) is 181 Å². The maximum absolute atomic E-state index is 12.9. The van der Waals surface area contributed by atoms with Crippen LogP contribution in [-0.2, 0) is 47.1 Å². The number of Topliss-reactive ketones (excluding diaryl/α,β-unsaturated/α-hetero) is 6. The first-order valence-electron chi connectivity index (χ1n) is 35.3. The van der Waals surface area contributed by atoms with Gasteiger partial charge in [-0.3, -0.25) is 56.6 Å². The van der Waals surface area contributed by atoms with Crippen molar-refractivity contribution in [3.63, 3.8) is 0 Å². The summed E-state index contributed by atoms with van der Waals surface area (Å²) in [5.41, 5.74) is 0.795. The fourth-order valence-electron chi connectivity index (χ4n) is 10.9. The van der Waals surface area contributed by atoms with Crippen LogP contribution < -0.4 is 43.2 Å². The number of ether oxygens (including phenoxy) is 1. The highest BCUT2D eigenvalue weighted by Crippen LogP contribution is 2.62. The second-order valence-electron chi connectivity index (χ2n) is 26.4. The zero-order chi connectivity index (χ0) is 69.4. The van der Waals surface area contributed by atoms with Gasteiger partial charge in [-0.1, -0.05) is 141 Å². The molecule has 0 aliphatic rings. The molecule has 2 aromatic rings. The SMILES string of the molecule is CCCC[P+](CCCC)(CCCC)CCCCC(=O)CCC(=O)CCC(=O)C(C)C.CCCC[P+](CCCC)(CCCC)CCCCC(=O)c1ccc(C(C)COC(=O)C(C)C)c([N+](=O)[O-])c1.Cc1n(CCCCC(=O)CCC(=O)C(C)C)cc[n+]1C.FB(F)F.[Br-].[Br-].[F-]. The van der Waals surface area contributed by atoms with Crippen molar-refractivity contribution in [2.45, 2.75) is 283 Å². The van der Waals surface area contributed by atoms with Gasteiger partial charge < -0.3 is 43.4 Å². The molecule has 0 aliphatic heterocycles.